The fourth-order valence-corrected chi connectivity index (χ4v) is 6.52. The summed E-state index contributed by atoms with van der Waals surface area (Å²) in [6.07, 6.45) is 3.14. The quantitative estimate of drug-likeness (QED) is 0.196. The SMILES string of the molecule is O=C(O)c1ccccc1-c1cccc(CC(=O)N(Cc2ccccc2)[C@@H]2c3ccccc3CC[C@H]2Cc2ccccc2)c1. The van der Waals surface area contributed by atoms with Gasteiger partial charge in [0, 0.05) is 6.54 Å². The van der Waals surface area contributed by atoms with Gasteiger partial charge in [-0.05, 0) is 70.2 Å². The van der Waals surface area contributed by atoms with E-state index in [9.17, 15) is 14.7 Å². The van der Waals surface area contributed by atoms with Crippen molar-refractivity contribution in [2.75, 3.05) is 0 Å². The number of benzene rings is 5. The van der Waals surface area contributed by atoms with Crippen molar-refractivity contribution in [1.29, 1.82) is 0 Å². The van der Waals surface area contributed by atoms with Crippen LogP contribution in [0.25, 0.3) is 11.1 Å². The first kappa shape index (κ1) is 28.2. The largest absolute Gasteiger partial charge is 0.478 e. The zero-order chi connectivity index (χ0) is 29.6. The van der Waals surface area contributed by atoms with Gasteiger partial charge in [0.2, 0.25) is 5.91 Å². The molecule has 0 heterocycles. The van der Waals surface area contributed by atoms with Crippen molar-refractivity contribution in [1.82, 2.24) is 4.90 Å². The third-order valence-electron chi connectivity index (χ3n) is 8.55. The molecule has 5 aromatic carbocycles. The number of carboxylic acid groups (broad SMARTS) is 1. The lowest BCUT2D eigenvalue weighted by molar-refractivity contribution is -0.135. The van der Waals surface area contributed by atoms with Crippen LogP contribution in [0.4, 0.5) is 0 Å². The van der Waals surface area contributed by atoms with Crippen molar-refractivity contribution >= 4 is 11.9 Å². The number of hydrogen-bond donors (Lipinski definition) is 1. The first-order valence-corrected chi connectivity index (χ1v) is 14.9. The Morgan fingerprint density at radius 1 is 0.698 bits per heavy atom. The summed E-state index contributed by atoms with van der Waals surface area (Å²) in [6, 6.07) is 44.1. The topological polar surface area (TPSA) is 57.6 Å². The molecule has 1 aliphatic carbocycles. The standard InChI is InChI=1S/C39H35NO3/c41-37(26-30-16-11-18-32(25-30)34-19-9-10-21-36(34)39(42)43)40(27-29-14-5-2-6-15-29)38-33(24-28-12-3-1-4-13-28)23-22-31-17-7-8-20-35(31)38/h1-21,25,33,38H,22-24,26-27H2,(H,42,43)/t33-,38-/m0/s1. The van der Waals surface area contributed by atoms with Crippen molar-refractivity contribution in [2.45, 2.75) is 38.3 Å². The fraction of sp³-hybridized carbons (Fsp3) is 0.179. The molecule has 4 heteroatoms. The van der Waals surface area contributed by atoms with Crippen molar-refractivity contribution in [3.05, 3.63) is 167 Å². The maximum absolute atomic E-state index is 14.5. The molecule has 1 N–H and O–H groups in total. The van der Waals surface area contributed by atoms with E-state index in [0.717, 1.165) is 36.0 Å². The number of carbonyl (C=O) groups excluding carboxylic acids is 1. The highest BCUT2D eigenvalue weighted by atomic mass is 16.4. The number of fused-ring (bicyclic) bond motifs is 1. The predicted molar refractivity (Wildman–Crippen MR) is 171 cm³/mol. The second kappa shape index (κ2) is 12.9. The monoisotopic (exact) mass is 565 g/mol. The number of aryl methyl sites for hydroxylation is 1. The molecule has 0 saturated heterocycles. The molecule has 1 aliphatic rings. The molecule has 0 saturated carbocycles. The molecule has 0 unspecified atom stereocenters. The van der Waals surface area contributed by atoms with E-state index in [2.05, 4.69) is 65.6 Å². The lowest BCUT2D eigenvalue weighted by Crippen LogP contribution is -2.41. The zero-order valence-electron chi connectivity index (χ0n) is 24.1. The second-order valence-electron chi connectivity index (χ2n) is 11.4. The Morgan fingerprint density at radius 3 is 2.12 bits per heavy atom. The van der Waals surface area contributed by atoms with Gasteiger partial charge in [-0.1, -0.05) is 127 Å². The zero-order valence-corrected chi connectivity index (χ0v) is 24.1. The number of amides is 1. The number of nitrogens with zero attached hydrogens (tertiary/aromatic N) is 1. The first-order chi connectivity index (χ1) is 21.1. The molecule has 0 radical (unpaired) electrons. The van der Waals surface area contributed by atoms with E-state index in [0.29, 0.717) is 12.1 Å². The Labute approximate surface area is 253 Å². The normalized spacial score (nSPS) is 15.8. The molecule has 43 heavy (non-hydrogen) atoms. The summed E-state index contributed by atoms with van der Waals surface area (Å²) in [6.45, 7) is 0.519. The summed E-state index contributed by atoms with van der Waals surface area (Å²) in [5, 5.41) is 9.75. The Morgan fingerprint density at radius 2 is 1.35 bits per heavy atom. The molecule has 214 valence electrons. The predicted octanol–water partition coefficient (Wildman–Crippen LogP) is 8.17. The molecule has 5 aromatic rings. The van der Waals surface area contributed by atoms with Gasteiger partial charge in [-0.15, -0.1) is 0 Å². The highest BCUT2D eigenvalue weighted by Crippen LogP contribution is 2.41. The van der Waals surface area contributed by atoms with Crippen LogP contribution in [0.1, 0.15) is 50.6 Å². The summed E-state index contributed by atoms with van der Waals surface area (Å²) in [5.41, 5.74) is 7.49. The van der Waals surface area contributed by atoms with Crippen molar-refractivity contribution < 1.29 is 14.7 Å². The van der Waals surface area contributed by atoms with Gasteiger partial charge in [-0.2, -0.15) is 0 Å². The molecule has 6 rings (SSSR count). The van der Waals surface area contributed by atoms with Crippen molar-refractivity contribution in [3.63, 3.8) is 0 Å². The van der Waals surface area contributed by atoms with Gasteiger partial charge in [0.15, 0.2) is 0 Å². The van der Waals surface area contributed by atoms with E-state index in [1.165, 1.54) is 16.7 Å². The Balaban J connectivity index is 1.37. The molecule has 2 atom stereocenters. The maximum Gasteiger partial charge on any atom is 0.336 e. The summed E-state index contributed by atoms with van der Waals surface area (Å²) >= 11 is 0. The summed E-state index contributed by atoms with van der Waals surface area (Å²) in [4.78, 5) is 28.5. The average molecular weight is 566 g/mol. The van der Waals surface area contributed by atoms with E-state index in [1.54, 1.807) is 12.1 Å². The summed E-state index contributed by atoms with van der Waals surface area (Å²) in [5.74, 6) is -0.627. The van der Waals surface area contributed by atoms with Crippen molar-refractivity contribution in [3.8, 4) is 11.1 Å². The minimum Gasteiger partial charge on any atom is -0.478 e. The summed E-state index contributed by atoms with van der Waals surface area (Å²) < 4.78 is 0. The smallest absolute Gasteiger partial charge is 0.336 e. The van der Waals surface area contributed by atoms with Gasteiger partial charge in [0.05, 0.1) is 18.0 Å². The van der Waals surface area contributed by atoms with E-state index in [4.69, 9.17) is 0 Å². The molecule has 0 aromatic heterocycles. The molecule has 1 amide bonds. The van der Waals surface area contributed by atoms with Crippen LogP contribution in [0, 0.1) is 5.92 Å². The molecule has 0 bridgehead atoms. The van der Waals surface area contributed by atoms with Gasteiger partial charge in [0.25, 0.3) is 0 Å². The van der Waals surface area contributed by atoms with Crippen LogP contribution >= 0.6 is 0 Å². The van der Waals surface area contributed by atoms with E-state index >= 15 is 0 Å². The van der Waals surface area contributed by atoms with Crippen LogP contribution in [0.15, 0.2) is 133 Å². The van der Waals surface area contributed by atoms with Crippen LogP contribution < -0.4 is 0 Å². The highest BCUT2D eigenvalue weighted by molar-refractivity contribution is 5.96. The fourth-order valence-electron chi connectivity index (χ4n) is 6.52. The van der Waals surface area contributed by atoms with Gasteiger partial charge in [-0.3, -0.25) is 4.79 Å². The number of carbonyl (C=O) groups is 2. The van der Waals surface area contributed by atoms with Gasteiger partial charge in [0.1, 0.15) is 0 Å². The highest BCUT2D eigenvalue weighted by Gasteiger charge is 2.36. The van der Waals surface area contributed by atoms with Crippen LogP contribution in [-0.4, -0.2) is 21.9 Å². The Hall–Kier alpha value is -4.96. The molecule has 0 spiro atoms. The van der Waals surface area contributed by atoms with Crippen LogP contribution in [0.3, 0.4) is 0 Å². The average Bonchev–Trinajstić information content (AvgIpc) is 3.05. The lowest BCUT2D eigenvalue weighted by Gasteiger charge is -2.42. The van der Waals surface area contributed by atoms with E-state index in [-0.39, 0.29) is 29.9 Å². The molecule has 0 fully saturated rings. The van der Waals surface area contributed by atoms with E-state index in [1.807, 2.05) is 60.7 Å². The number of aromatic carboxylic acids is 1. The van der Waals surface area contributed by atoms with Gasteiger partial charge in [-0.25, -0.2) is 4.79 Å². The number of rotatable bonds is 9. The van der Waals surface area contributed by atoms with Crippen LogP contribution in [0.2, 0.25) is 0 Å². The minimum atomic E-state index is -0.966. The Bertz CT molecular complexity index is 1710. The second-order valence-corrected chi connectivity index (χ2v) is 11.4. The molecular weight excluding hydrogens is 530 g/mol. The molecule has 0 aliphatic heterocycles. The van der Waals surface area contributed by atoms with Crippen LogP contribution in [-0.2, 0) is 30.6 Å². The van der Waals surface area contributed by atoms with Crippen molar-refractivity contribution in [2.24, 2.45) is 5.92 Å². The number of carboxylic acids is 1. The first-order valence-electron chi connectivity index (χ1n) is 14.9. The molecule has 4 nitrogen and oxygen atoms in total. The summed E-state index contributed by atoms with van der Waals surface area (Å²) in [7, 11) is 0. The lowest BCUT2D eigenvalue weighted by atomic mass is 9.76. The minimum absolute atomic E-state index is 0.0613. The van der Waals surface area contributed by atoms with E-state index < -0.39 is 5.97 Å². The maximum atomic E-state index is 14.5. The van der Waals surface area contributed by atoms with Gasteiger partial charge < -0.3 is 10.0 Å². The van der Waals surface area contributed by atoms with Gasteiger partial charge >= 0.3 is 5.97 Å². The Kier molecular flexibility index (Phi) is 8.46. The molecular formula is C39H35NO3. The number of hydrogen-bond acceptors (Lipinski definition) is 2. The van der Waals surface area contributed by atoms with Crippen LogP contribution in [0.5, 0.6) is 0 Å². The third-order valence-corrected chi connectivity index (χ3v) is 8.55. The third kappa shape index (κ3) is 6.44.